The summed E-state index contributed by atoms with van der Waals surface area (Å²) in [7, 11) is 0. The molecule has 0 radical (unpaired) electrons. The number of rotatable bonds is 3. The zero-order valence-corrected chi connectivity index (χ0v) is 11.8. The first-order valence-electron chi connectivity index (χ1n) is 6.88. The number of carbonyl (C=O) groups is 2. The lowest BCUT2D eigenvalue weighted by atomic mass is 10.1. The summed E-state index contributed by atoms with van der Waals surface area (Å²) >= 11 is 0. The summed E-state index contributed by atoms with van der Waals surface area (Å²) in [5.41, 5.74) is 3.73. The van der Waals surface area contributed by atoms with Gasteiger partial charge in [-0.2, -0.15) is 0 Å². The minimum absolute atomic E-state index is 0.0419. The van der Waals surface area contributed by atoms with E-state index in [0.717, 1.165) is 22.4 Å². The van der Waals surface area contributed by atoms with Crippen molar-refractivity contribution >= 4 is 17.5 Å². The fraction of sp³-hybridized carbons (Fsp3) is 0.176. The lowest BCUT2D eigenvalue weighted by Crippen LogP contribution is -2.23. The van der Waals surface area contributed by atoms with Crippen LogP contribution in [0.1, 0.15) is 28.4 Å². The van der Waals surface area contributed by atoms with Crippen LogP contribution in [0.5, 0.6) is 0 Å². The van der Waals surface area contributed by atoms with E-state index in [1.165, 1.54) is 6.92 Å². The quantitative estimate of drug-likeness (QED) is 0.939. The van der Waals surface area contributed by atoms with Gasteiger partial charge in [0.2, 0.25) is 5.91 Å². The standard InChI is InChI=1S/C17H16N2O2/c1-12(20)18-10-13-6-8-15(9-7-13)19-11-14-4-2-3-5-16(14)17(19)21/h2-9H,10-11H2,1H3,(H,18,20). The van der Waals surface area contributed by atoms with Gasteiger partial charge in [-0.3, -0.25) is 9.59 Å². The molecule has 4 heteroatoms. The average Bonchev–Trinajstić information content (AvgIpc) is 2.83. The van der Waals surface area contributed by atoms with E-state index in [4.69, 9.17) is 0 Å². The molecule has 0 unspecified atom stereocenters. The second-order valence-corrected chi connectivity index (χ2v) is 5.12. The van der Waals surface area contributed by atoms with Gasteiger partial charge in [-0.1, -0.05) is 30.3 Å². The first kappa shape index (κ1) is 13.4. The van der Waals surface area contributed by atoms with Crippen LogP contribution in [0.4, 0.5) is 5.69 Å². The number of carbonyl (C=O) groups excluding carboxylic acids is 2. The Bertz CT molecular complexity index is 692. The number of nitrogens with one attached hydrogen (secondary N) is 1. The molecule has 0 saturated carbocycles. The van der Waals surface area contributed by atoms with Crippen LogP contribution in [-0.4, -0.2) is 11.8 Å². The average molecular weight is 280 g/mol. The van der Waals surface area contributed by atoms with Crippen LogP contribution >= 0.6 is 0 Å². The highest BCUT2D eigenvalue weighted by Crippen LogP contribution is 2.28. The number of amides is 2. The van der Waals surface area contributed by atoms with Crippen molar-refractivity contribution in [3.63, 3.8) is 0 Å². The van der Waals surface area contributed by atoms with Crippen LogP contribution in [0.25, 0.3) is 0 Å². The Labute approximate surface area is 123 Å². The first-order chi connectivity index (χ1) is 10.1. The third-order valence-electron chi connectivity index (χ3n) is 3.61. The van der Waals surface area contributed by atoms with Gasteiger partial charge in [0.15, 0.2) is 0 Å². The lowest BCUT2D eigenvalue weighted by Gasteiger charge is -2.16. The predicted octanol–water partition coefficient (Wildman–Crippen LogP) is 2.48. The molecule has 0 aromatic heterocycles. The van der Waals surface area contributed by atoms with Crippen LogP contribution in [0, 0.1) is 0 Å². The molecule has 0 atom stereocenters. The molecule has 0 saturated heterocycles. The summed E-state index contributed by atoms with van der Waals surface area (Å²) in [6.07, 6.45) is 0. The van der Waals surface area contributed by atoms with Crippen LogP contribution in [0.15, 0.2) is 48.5 Å². The minimum Gasteiger partial charge on any atom is -0.352 e. The van der Waals surface area contributed by atoms with Crippen molar-refractivity contribution in [1.82, 2.24) is 5.32 Å². The van der Waals surface area contributed by atoms with E-state index in [9.17, 15) is 9.59 Å². The zero-order chi connectivity index (χ0) is 14.8. The molecule has 21 heavy (non-hydrogen) atoms. The summed E-state index contributed by atoms with van der Waals surface area (Å²) < 4.78 is 0. The Morgan fingerprint density at radius 3 is 2.52 bits per heavy atom. The van der Waals surface area contributed by atoms with Crippen molar-refractivity contribution in [3.8, 4) is 0 Å². The molecule has 0 bridgehead atoms. The monoisotopic (exact) mass is 280 g/mol. The number of benzene rings is 2. The van der Waals surface area contributed by atoms with E-state index in [1.807, 2.05) is 48.5 Å². The zero-order valence-electron chi connectivity index (χ0n) is 11.8. The SMILES string of the molecule is CC(=O)NCc1ccc(N2Cc3ccccc3C2=O)cc1. The molecule has 0 aliphatic carbocycles. The number of nitrogens with zero attached hydrogens (tertiary/aromatic N) is 1. The van der Waals surface area contributed by atoms with E-state index in [-0.39, 0.29) is 11.8 Å². The molecular formula is C17H16N2O2. The van der Waals surface area contributed by atoms with Gasteiger partial charge in [0.25, 0.3) is 5.91 Å². The third kappa shape index (κ3) is 2.65. The number of anilines is 1. The van der Waals surface area contributed by atoms with Gasteiger partial charge in [-0.25, -0.2) is 0 Å². The van der Waals surface area contributed by atoms with Crippen LogP contribution < -0.4 is 10.2 Å². The third-order valence-corrected chi connectivity index (χ3v) is 3.61. The van der Waals surface area contributed by atoms with E-state index >= 15 is 0 Å². The Morgan fingerprint density at radius 2 is 1.86 bits per heavy atom. The summed E-state index contributed by atoms with van der Waals surface area (Å²) in [6.45, 7) is 2.61. The molecule has 2 aromatic rings. The van der Waals surface area contributed by atoms with E-state index < -0.39 is 0 Å². The fourth-order valence-corrected chi connectivity index (χ4v) is 2.48. The van der Waals surface area contributed by atoms with Crippen molar-refractivity contribution in [2.24, 2.45) is 0 Å². The molecule has 4 nitrogen and oxygen atoms in total. The fourth-order valence-electron chi connectivity index (χ4n) is 2.48. The highest BCUT2D eigenvalue weighted by atomic mass is 16.2. The van der Waals surface area contributed by atoms with E-state index in [2.05, 4.69) is 5.32 Å². The molecule has 1 aliphatic rings. The van der Waals surface area contributed by atoms with Crippen LogP contribution in [0.3, 0.4) is 0 Å². The van der Waals surface area contributed by atoms with Crippen molar-refractivity contribution in [2.75, 3.05) is 4.90 Å². The minimum atomic E-state index is -0.0516. The summed E-state index contributed by atoms with van der Waals surface area (Å²) in [6, 6.07) is 15.4. The van der Waals surface area contributed by atoms with Crippen molar-refractivity contribution in [1.29, 1.82) is 0 Å². The number of hydrogen-bond donors (Lipinski definition) is 1. The predicted molar refractivity (Wildman–Crippen MR) is 80.9 cm³/mol. The Kier molecular flexibility index (Phi) is 3.44. The summed E-state index contributed by atoms with van der Waals surface area (Å²) in [5.74, 6) is -0.00976. The summed E-state index contributed by atoms with van der Waals surface area (Å²) in [5, 5.41) is 2.75. The maximum absolute atomic E-state index is 12.4. The largest absolute Gasteiger partial charge is 0.352 e. The normalized spacial score (nSPS) is 13.2. The molecule has 3 rings (SSSR count). The topological polar surface area (TPSA) is 49.4 Å². The van der Waals surface area contributed by atoms with Gasteiger partial charge in [0.1, 0.15) is 0 Å². The number of hydrogen-bond acceptors (Lipinski definition) is 2. The smallest absolute Gasteiger partial charge is 0.258 e. The van der Waals surface area contributed by atoms with Gasteiger partial charge < -0.3 is 10.2 Å². The van der Waals surface area contributed by atoms with Gasteiger partial charge >= 0.3 is 0 Å². The van der Waals surface area contributed by atoms with Crippen LogP contribution in [-0.2, 0) is 17.9 Å². The highest BCUT2D eigenvalue weighted by molar-refractivity contribution is 6.09. The van der Waals surface area contributed by atoms with Gasteiger partial charge in [-0.05, 0) is 29.3 Å². The first-order valence-corrected chi connectivity index (χ1v) is 6.88. The van der Waals surface area contributed by atoms with Crippen molar-refractivity contribution < 1.29 is 9.59 Å². The molecule has 0 fully saturated rings. The molecule has 2 amide bonds. The molecule has 0 spiro atoms. The molecule has 2 aromatic carbocycles. The molecule has 1 aliphatic heterocycles. The Balaban J connectivity index is 1.77. The van der Waals surface area contributed by atoms with Crippen molar-refractivity contribution in [3.05, 3.63) is 65.2 Å². The van der Waals surface area contributed by atoms with Gasteiger partial charge in [-0.15, -0.1) is 0 Å². The molecule has 1 N–H and O–H groups in total. The van der Waals surface area contributed by atoms with Gasteiger partial charge in [0.05, 0.1) is 6.54 Å². The number of fused-ring (bicyclic) bond motifs is 1. The van der Waals surface area contributed by atoms with Gasteiger partial charge in [0, 0.05) is 24.7 Å². The maximum atomic E-state index is 12.4. The molecule has 1 heterocycles. The van der Waals surface area contributed by atoms with E-state index in [1.54, 1.807) is 4.90 Å². The molecular weight excluding hydrogens is 264 g/mol. The van der Waals surface area contributed by atoms with Crippen molar-refractivity contribution in [2.45, 2.75) is 20.0 Å². The Hall–Kier alpha value is -2.62. The Morgan fingerprint density at radius 1 is 1.14 bits per heavy atom. The molecule has 106 valence electrons. The summed E-state index contributed by atoms with van der Waals surface area (Å²) in [4.78, 5) is 25.0. The van der Waals surface area contributed by atoms with E-state index in [0.29, 0.717) is 13.1 Å². The van der Waals surface area contributed by atoms with Crippen LogP contribution in [0.2, 0.25) is 0 Å². The highest BCUT2D eigenvalue weighted by Gasteiger charge is 2.27. The second-order valence-electron chi connectivity index (χ2n) is 5.12. The lowest BCUT2D eigenvalue weighted by molar-refractivity contribution is -0.119. The maximum Gasteiger partial charge on any atom is 0.258 e. The second kappa shape index (κ2) is 5.40.